The highest BCUT2D eigenvalue weighted by Crippen LogP contribution is 2.27. The van der Waals surface area contributed by atoms with Crippen LogP contribution in [-0.4, -0.2) is 18.3 Å². The van der Waals surface area contributed by atoms with Gasteiger partial charge < -0.3 is 15.2 Å². The van der Waals surface area contributed by atoms with Gasteiger partial charge >= 0.3 is 0 Å². The number of halogens is 2. The van der Waals surface area contributed by atoms with E-state index in [1.54, 1.807) is 12.1 Å². The number of nitrogens with one attached hydrogen (secondary N) is 1. The van der Waals surface area contributed by atoms with Gasteiger partial charge in [-0.15, -0.1) is 0 Å². The van der Waals surface area contributed by atoms with Crippen molar-refractivity contribution in [3.63, 3.8) is 0 Å². The largest absolute Gasteiger partial charge is 0.491 e. The van der Waals surface area contributed by atoms with Crippen LogP contribution in [0.25, 0.3) is 0 Å². The van der Waals surface area contributed by atoms with Gasteiger partial charge in [0.1, 0.15) is 12.4 Å². The van der Waals surface area contributed by atoms with E-state index in [4.69, 9.17) is 33.0 Å². The summed E-state index contributed by atoms with van der Waals surface area (Å²) in [6.45, 7) is 2.95. The van der Waals surface area contributed by atoms with E-state index in [9.17, 15) is 0 Å². The van der Waals surface area contributed by atoms with Crippen molar-refractivity contribution in [2.24, 2.45) is 0 Å². The second-order valence-corrected chi connectivity index (χ2v) is 5.79. The molecule has 0 saturated carbocycles. The van der Waals surface area contributed by atoms with Gasteiger partial charge in [0.05, 0.1) is 6.61 Å². The molecule has 1 unspecified atom stereocenters. The normalized spacial score (nSPS) is 12.2. The first-order valence-corrected chi connectivity index (χ1v) is 7.87. The summed E-state index contributed by atoms with van der Waals surface area (Å²) in [5.41, 5.74) is 1.99. The average molecular weight is 340 g/mol. The Morgan fingerprint density at radius 2 is 1.95 bits per heavy atom. The molecule has 2 rings (SSSR count). The topological polar surface area (TPSA) is 41.5 Å². The predicted molar refractivity (Wildman–Crippen MR) is 90.7 cm³/mol. The summed E-state index contributed by atoms with van der Waals surface area (Å²) in [7, 11) is 0. The molecule has 0 heterocycles. The Kier molecular flexibility index (Phi) is 6.52. The smallest absolute Gasteiger partial charge is 0.123 e. The van der Waals surface area contributed by atoms with Gasteiger partial charge in [0.25, 0.3) is 0 Å². The standard InChI is InChI=1S/C17H19Cl2NO2/c1-12(15-10-14(18)6-7-16(15)19)20-11-13-4-2-3-5-17(13)22-9-8-21/h2-7,10,12,20-21H,8-9,11H2,1H3. The van der Waals surface area contributed by atoms with E-state index in [2.05, 4.69) is 5.32 Å². The number of hydrogen-bond acceptors (Lipinski definition) is 3. The van der Waals surface area contributed by atoms with Gasteiger partial charge in [-0.25, -0.2) is 0 Å². The van der Waals surface area contributed by atoms with Gasteiger partial charge in [-0.1, -0.05) is 41.4 Å². The number of hydrogen-bond donors (Lipinski definition) is 2. The lowest BCUT2D eigenvalue weighted by Crippen LogP contribution is -2.19. The lowest BCUT2D eigenvalue weighted by molar-refractivity contribution is 0.200. The summed E-state index contributed by atoms with van der Waals surface area (Å²) in [5.74, 6) is 0.772. The first-order chi connectivity index (χ1) is 10.6. The van der Waals surface area contributed by atoms with Crippen molar-refractivity contribution in [3.05, 3.63) is 63.6 Å². The average Bonchev–Trinajstić information content (AvgIpc) is 2.53. The third-order valence-corrected chi connectivity index (χ3v) is 3.92. The maximum atomic E-state index is 8.87. The second kappa shape index (κ2) is 8.39. The summed E-state index contributed by atoms with van der Waals surface area (Å²) in [4.78, 5) is 0. The van der Waals surface area contributed by atoms with Crippen LogP contribution in [0.1, 0.15) is 24.1 Å². The number of ether oxygens (including phenoxy) is 1. The van der Waals surface area contributed by atoms with E-state index < -0.39 is 0 Å². The molecule has 0 aromatic heterocycles. The number of rotatable bonds is 7. The summed E-state index contributed by atoms with van der Waals surface area (Å²) in [6.07, 6.45) is 0. The van der Waals surface area contributed by atoms with Gasteiger partial charge in [-0.3, -0.25) is 0 Å². The molecular formula is C17H19Cl2NO2. The maximum Gasteiger partial charge on any atom is 0.123 e. The van der Waals surface area contributed by atoms with E-state index in [-0.39, 0.29) is 19.3 Å². The molecule has 3 nitrogen and oxygen atoms in total. The summed E-state index contributed by atoms with van der Waals surface area (Å²) >= 11 is 12.3. The van der Waals surface area contributed by atoms with Crippen LogP contribution in [0.15, 0.2) is 42.5 Å². The minimum absolute atomic E-state index is 0.00368. The molecule has 2 N–H and O–H groups in total. The molecule has 1 atom stereocenters. The van der Waals surface area contributed by atoms with Crippen LogP contribution in [0, 0.1) is 0 Å². The van der Waals surface area contributed by atoms with E-state index in [0.29, 0.717) is 16.6 Å². The number of aliphatic hydroxyl groups is 1. The maximum absolute atomic E-state index is 8.87. The zero-order valence-corrected chi connectivity index (χ0v) is 13.9. The van der Waals surface area contributed by atoms with Crippen molar-refractivity contribution in [1.82, 2.24) is 5.32 Å². The molecule has 0 radical (unpaired) electrons. The van der Waals surface area contributed by atoms with Crippen molar-refractivity contribution in [2.75, 3.05) is 13.2 Å². The Morgan fingerprint density at radius 1 is 1.18 bits per heavy atom. The van der Waals surface area contributed by atoms with Crippen LogP contribution in [0.4, 0.5) is 0 Å². The van der Waals surface area contributed by atoms with E-state index in [1.807, 2.05) is 37.3 Å². The fraction of sp³-hybridized carbons (Fsp3) is 0.294. The SMILES string of the molecule is CC(NCc1ccccc1OCCO)c1cc(Cl)ccc1Cl. The van der Waals surface area contributed by atoms with Crippen LogP contribution < -0.4 is 10.1 Å². The van der Waals surface area contributed by atoms with Gasteiger partial charge in [-0.05, 0) is 36.8 Å². The molecule has 0 aliphatic carbocycles. The molecule has 5 heteroatoms. The second-order valence-electron chi connectivity index (χ2n) is 4.95. The van der Waals surface area contributed by atoms with Crippen molar-refractivity contribution >= 4 is 23.2 Å². The Bertz CT molecular complexity index is 619. The van der Waals surface area contributed by atoms with Crippen molar-refractivity contribution < 1.29 is 9.84 Å². The summed E-state index contributed by atoms with van der Waals surface area (Å²) in [5, 5.41) is 13.6. The monoisotopic (exact) mass is 339 g/mol. The lowest BCUT2D eigenvalue weighted by Gasteiger charge is -2.17. The highest BCUT2D eigenvalue weighted by molar-refractivity contribution is 6.33. The Labute approximate surface area is 140 Å². The molecule has 2 aromatic rings. The quantitative estimate of drug-likeness (QED) is 0.793. The molecule has 22 heavy (non-hydrogen) atoms. The Morgan fingerprint density at radius 3 is 2.73 bits per heavy atom. The Balaban J connectivity index is 2.05. The van der Waals surface area contributed by atoms with E-state index >= 15 is 0 Å². The molecule has 0 aliphatic rings. The Hall–Kier alpha value is -1.26. The molecule has 0 aliphatic heterocycles. The van der Waals surface area contributed by atoms with Crippen molar-refractivity contribution in [3.8, 4) is 5.75 Å². The molecule has 2 aromatic carbocycles. The number of benzene rings is 2. The minimum Gasteiger partial charge on any atom is -0.491 e. The summed E-state index contributed by atoms with van der Waals surface area (Å²) in [6, 6.07) is 13.3. The third kappa shape index (κ3) is 4.62. The van der Waals surface area contributed by atoms with Crippen LogP contribution in [0.3, 0.4) is 0 Å². The molecule has 118 valence electrons. The fourth-order valence-electron chi connectivity index (χ4n) is 2.17. The first-order valence-electron chi connectivity index (χ1n) is 7.11. The van der Waals surface area contributed by atoms with Gasteiger partial charge in [0, 0.05) is 28.2 Å². The molecule has 0 saturated heterocycles. The highest BCUT2D eigenvalue weighted by atomic mass is 35.5. The van der Waals surface area contributed by atoms with E-state index in [0.717, 1.165) is 16.9 Å². The van der Waals surface area contributed by atoms with Crippen molar-refractivity contribution in [1.29, 1.82) is 0 Å². The number of aliphatic hydroxyl groups excluding tert-OH is 1. The fourth-order valence-corrected chi connectivity index (χ4v) is 2.63. The molecule has 0 amide bonds. The van der Waals surface area contributed by atoms with Crippen LogP contribution in [-0.2, 0) is 6.54 Å². The van der Waals surface area contributed by atoms with Crippen LogP contribution >= 0.6 is 23.2 Å². The highest BCUT2D eigenvalue weighted by Gasteiger charge is 2.11. The molecular weight excluding hydrogens is 321 g/mol. The van der Waals surface area contributed by atoms with Crippen molar-refractivity contribution in [2.45, 2.75) is 19.5 Å². The predicted octanol–water partition coefficient (Wildman–Crippen LogP) is 4.22. The zero-order chi connectivity index (χ0) is 15.9. The minimum atomic E-state index is -0.00368. The van der Waals surface area contributed by atoms with Crippen LogP contribution in [0.5, 0.6) is 5.75 Å². The van der Waals surface area contributed by atoms with E-state index in [1.165, 1.54) is 0 Å². The zero-order valence-electron chi connectivity index (χ0n) is 12.4. The number of para-hydroxylation sites is 1. The van der Waals surface area contributed by atoms with Gasteiger partial charge in [-0.2, -0.15) is 0 Å². The molecule has 0 spiro atoms. The van der Waals surface area contributed by atoms with Crippen LogP contribution in [0.2, 0.25) is 10.0 Å². The first kappa shape index (κ1) is 17.1. The summed E-state index contributed by atoms with van der Waals surface area (Å²) < 4.78 is 5.53. The lowest BCUT2D eigenvalue weighted by atomic mass is 10.1. The van der Waals surface area contributed by atoms with Gasteiger partial charge in [0.2, 0.25) is 0 Å². The molecule has 0 fully saturated rings. The molecule has 0 bridgehead atoms. The third-order valence-electron chi connectivity index (χ3n) is 3.34. The van der Waals surface area contributed by atoms with Gasteiger partial charge in [0.15, 0.2) is 0 Å².